The molecule has 0 saturated heterocycles. The Hall–Kier alpha value is -0.260. The van der Waals surface area contributed by atoms with Crippen LogP contribution in [0.1, 0.15) is 20.3 Å². The van der Waals surface area contributed by atoms with E-state index < -0.39 is 0 Å². The molecule has 0 aromatic heterocycles. The molecule has 5 radical (unpaired) electrons. The topological polar surface area (TPSA) is 0 Å². The highest BCUT2D eigenvalue weighted by Gasteiger charge is 2.14. The number of hydrogen-bond donors (Lipinski definition) is 0. The van der Waals surface area contributed by atoms with Gasteiger partial charge in [0.25, 0.3) is 0 Å². The van der Waals surface area contributed by atoms with Gasteiger partial charge in [0.1, 0.15) is 0 Å². The summed E-state index contributed by atoms with van der Waals surface area (Å²) in [6.07, 6.45) is 11.8. The molecule has 1 rings (SSSR count). The first-order valence-corrected chi connectivity index (χ1v) is 3.63. The largest absolute Gasteiger partial charge is 0.0853 e. The van der Waals surface area contributed by atoms with E-state index in [9.17, 15) is 0 Å². The van der Waals surface area contributed by atoms with Gasteiger partial charge in [-0.15, -0.1) is 0 Å². The lowest BCUT2D eigenvalue weighted by molar-refractivity contribution is 1.08. The molecule has 0 N–H and O–H groups in total. The van der Waals surface area contributed by atoms with Crippen molar-refractivity contribution in [2.45, 2.75) is 20.3 Å². The van der Waals surface area contributed by atoms with Crippen LogP contribution in [-0.4, -0.2) is 0 Å². The van der Waals surface area contributed by atoms with E-state index in [1.165, 1.54) is 11.5 Å². The van der Waals surface area contributed by atoms with E-state index in [1.54, 1.807) is 0 Å². The van der Waals surface area contributed by atoms with E-state index in [1.807, 2.05) is 0 Å². The molecule has 10 heavy (non-hydrogen) atoms. The summed E-state index contributed by atoms with van der Waals surface area (Å²) in [5.41, 5.74) is 1.39. The number of rotatable bonds is 2. The van der Waals surface area contributed by atoms with Crippen LogP contribution in [0.5, 0.6) is 0 Å². The van der Waals surface area contributed by atoms with Crippen LogP contribution in [0.3, 0.4) is 0 Å². The van der Waals surface area contributed by atoms with E-state index >= 15 is 0 Å². The molecule has 0 heteroatoms. The van der Waals surface area contributed by atoms with Gasteiger partial charge in [-0.3, -0.25) is 0 Å². The zero-order valence-electron chi connectivity index (χ0n) is 6.59. The van der Waals surface area contributed by atoms with Crippen LogP contribution in [0.25, 0.3) is 0 Å². The standard InChI is InChI=1S/C10H13/c1-9(2)7-8-10-5-3-4-6-10/h3-7H,8H2,1-2H3. The summed E-state index contributed by atoms with van der Waals surface area (Å²) in [6, 6.07) is 0. The van der Waals surface area contributed by atoms with Crippen LogP contribution >= 0.6 is 0 Å². The SMILES string of the molecule is CC(C)=CC[C]1[CH][CH][CH][CH]1. The summed E-state index contributed by atoms with van der Waals surface area (Å²) in [6.45, 7) is 4.26. The highest BCUT2D eigenvalue weighted by molar-refractivity contribution is 5.36. The van der Waals surface area contributed by atoms with Gasteiger partial charge in [-0.25, -0.2) is 0 Å². The van der Waals surface area contributed by atoms with Crippen molar-refractivity contribution in [1.82, 2.24) is 0 Å². The third kappa shape index (κ3) is 2.55. The van der Waals surface area contributed by atoms with Gasteiger partial charge in [0.05, 0.1) is 0 Å². The molecule has 1 aliphatic rings. The normalized spacial score (nSPS) is 19.4. The summed E-state index contributed by atoms with van der Waals surface area (Å²) >= 11 is 0. The minimum Gasteiger partial charge on any atom is -0.0853 e. The summed E-state index contributed by atoms with van der Waals surface area (Å²) in [5.74, 6) is 1.40. The monoisotopic (exact) mass is 133 g/mol. The fraction of sp³-hybridized carbons (Fsp3) is 0.300. The predicted molar refractivity (Wildman–Crippen MR) is 44.5 cm³/mol. The second kappa shape index (κ2) is 3.80. The first kappa shape index (κ1) is 7.84. The molecule has 0 amide bonds. The van der Waals surface area contributed by atoms with Crippen LogP contribution < -0.4 is 0 Å². The Morgan fingerprint density at radius 3 is 2.40 bits per heavy atom. The highest BCUT2D eigenvalue weighted by atomic mass is 14.2. The van der Waals surface area contributed by atoms with Crippen molar-refractivity contribution in [2.75, 3.05) is 0 Å². The fourth-order valence-corrected chi connectivity index (χ4v) is 0.872. The van der Waals surface area contributed by atoms with Crippen molar-refractivity contribution in [3.63, 3.8) is 0 Å². The van der Waals surface area contributed by atoms with E-state index in [0.717, 1.165) is 6.42 Å². The molecular weight excluding hydrogens is 120 g/mol. The van der Waals surface area contributed by atoms with E-state index in [-0.39, 0.29) is 0 Å². The van der Waals surface area contributed by atoms with Gasteiger partial charge in [-0.1, -0.05) is 11.6 Å². The second-order valence-electron chi connectivity index (χ2n) is 2.78. The molecule has 0 atom stereocenters. The van der Waals surface area contributed by atoms with Crippen molar-refractivity contribution in [2.24, 2.45) is 0 Å². The van der Waals surface area contributed by atoms with Gasteiger partial charge in [0.2, 0.25) is 0 Å². The van der Waals surface area contributed by atoms with Crippen LogP contribution in [0, 0.1) is 31.6 Å². The average molecular weight is 133 g/mol. The Kier molecular flexibility index (Phi) is 2.98. The van der Waals surface area contributed by atoms with Crippen molar-refractivity contribution < 1.29 is 0 Å². The molecular formula is C10H13. The minimum atomic E-state index is 1.08. The Bertz CT molecular complexity index is 112. The zero-order chi connectivity index (χ0) is 7.40. The molecule has 0 aliphatic heterocycles. The molecule has 1 fully saturated rings. The van der Waals surface area contributed by atoms with Crippen molar-refractivity contribution in [3.05, 3.63) is 43.3 Å². The highest BCUT2D eigenvalue weighted by Crippen LogP contribution is 2.26. The van der Waals surface area contributed by atoms with E-state index in [4.69, 9.17) is 0 Å². The van der Waals surface area contributed by atoms with Gasteiger partial charge < -0.3 is 0 Å². The maximum atomic E-state index is 2.25. The van der Waals surface area contributed by atoms with Gasteiger partial charge >= 0.3 is 0 Å². The quantitative estimate of drug-likeness (QED) is 0.508. The van der Waals surface area contributed by atoms with Gasteiger partial charge in [-0.2, -0.15) is 0 Å². The molecule has 0 nitrogen and oxygen atoms in total. The van der Waals surface area contributed by atoms with E-state index in [2.05, 4.69) is 45.6 Å². The van der Waals surface area contributed by atoms with Crippen LogP contribution in [-0.2, 0) is 0 Å². The minimum absolute atomic E-state index is 1.08. The van der Waals surface area contributed by atoms with Gasteiger partial charge in [-0.05, 0) is 51.9 Å². The molecule has 0 bridgehead atoms. The molecule has 0 heterocycles. The lowest BCUT2D eigenvalue weighted by atomic mass is 10.0. The lowest BCUT2D eigenvalue weighted by Crippen LogP contribution is -1.88. The van der Waals surface area contributed by atoms with Crippen molar-refractivity contribution >= 4 is 0 Å². The van der Waals surface area contributed by atoms with Crippen LogP contribution in [0.4, 0.5) is 0 Å². The fourth-order valence-electron chi connectivity index (χ4n) is 0.872. The molecule has 1 aliphatic carbocycles. The maximum absolute atomic E-state index is 2.25. The summed E-state index contributed by atoms with van der Waals surface area (Å²) in [4.78, 5) is 0. The van der Waals surface area contributed by atoms with Gasteiger partial charge in [0, 0.05) is 0 Å². The lowest BCUT2D eigenvalue weighted by Gasteiger charge is -2.01. The van der Waals surface area contributed by atoms with Crippen molar-refractivity contribution in [1.29, 1.82) is 0 Å². The Labute approximate surface area is 64.3 Å². The van der Waals surface area contributed by atoms with Crippen molar-refractivity contribution in [3.8, 4) is 0 Å². The Morgan fingerprint density at radius 1 is 1.30 bits per heavy atom. The Morgan fingerprint density at radius 2 is 1.90 bits per heavy atom. The molecule has 0 unspecified atom stereocenters. The third-order valence-corrected chi connectivity index (χ3v) is 1.48. The first-order valence-electron chi connectivity index (χ1n) is 3.63. The molecule has 0 aromatic rings. The zero-order valence-corrected chi connectivity index (χ0v) is 6.59. The number of hydrogen-bond acceptors (Lipinski definition) is 0. The number of allylic oxidation sites excluding steroid dienone is 2. The predicted octanol–water partition coefficient (Wildman–Crippen LogP) is 2.75. The summed E-state index contributed by atoms with van der Waals surface area (Å²) < 4.78 is 0. The Balaban J connectivity index is 2.18. The first-order chi connectivity index (χ1) is 4.79. The molecule has 0 spiro atoms. The third-order valence-electron chi connectivity index (χ3n) is 1.48. The summed E-state index contributed by atoms with van der Waals surface area (Å²) in [5, 5.41) is 0. The van der Waals surface area contributed by atoms with Crippen LogP contribution in [0.2, 0.25) is 0 Å². The van der Waals surface area contributed by atoms with E-state index in [0.29, 0.717) is 0 Å². The average Bonchev–Trinajstić information content (AvgIpc) is 2.34. The molecule has 53 valence electrons. The van der Waals surface area contributed by atoms with Gasteiger partial charge in [0.15, 0.2) is 0 Å². The maximum Gasteiger partial charge on any atom is -0.0130 e. The van der Waals surface area contributed by atoms with Crippen LogP contribution in [0.15, 0.2) is 11.6 Å². The smallest absolute Gasteiger partial charge is 0.0130 e. The molecule has 0 aromatic carbocycles. The summed E-state index contributed by atoms with van der Waals surface area (Å²) in [7, 11) is 0. The molecule has 1 saturated carbocycles. The second-order valence-corrected chi connectivity index (χ2v) is 2.78.